The molecule has 33 heavy (non-hydrogen) atoms. The van der Waals surface area contributed by atoms with Gasteiger partial charge in [-0.1, -0.05) is 49.4 Å². The summed E-state index contributed by atoms with van der Waals surface area (Å²) in [6.45, 7) is 10.1. The quantitative estimate of drug-likeness (QED) is 0.557. The number of carbonyl (C=O) groups excluding carboxylic acids is 1. The molecule has 7 heteroatoms. The standard InChI is InChI=1S/C26H29N3O3S/c1-14(2)18-8-10-19(11-9-18)23-22(25(31)32-7)16(4)27-26-29(23)24(30)21(33-26)13-20-12-15(3)28(6)17(20)5/h8-14,23H,1-7H3/b21-13-/t23-/m0/s1. The number of aromatic nitrogens is 2. The lowest BCUT2D eigenvalue weighted by atomic mass is 9.93. The smallest absolute Gasteiger partial charge is 0.338 e. The number of hydrogen-bond donors (Lipinski definition) is 0. The van der Waals surface area contributed by atoms with E-state index in [0.29, 0.717) is 26.5 Å². The van der Waals surface area contributed by atoms with Crippen LogP contribution in [0.3, 0.4) is 0 Å². The number of aryl methyl sites for hydroxylation is 1. The fourth-order valence-corrected chi connectivity index (χ4v) is 5.28. The first-order valence-electron chi connectivity index (χ1n) is 11.0. The normalized spacial score (nSPS) is 16.2. The highest BCUT2D eigenvalue weighted by atomic mass is 32.1. The highest BCUT2D eigenvalue weighted by molar-refractivity contribution is 7.07. The van der Waals surface area contributed by atoms with Gasteiger partial charge in [-0.15, -0.1) is 0 Å². The minimum absolute atomic E-state index is 0.161. The van der Waals surface area contributed by atoms with Crippen LogP contribution in [0.25, 0.3) is 6.08 Å². The summed E-state index contributed by atoms with van der Waals surface area (Å²) < 4.78 is 9.40. The van der Waals surface area contributed by atoms with Crippen molar-refractivity contribution in [3.63, 3.8) is 0 Å². The van der Waals surface area contributed by atoms with Gasteiger partial charge in [-0.05, 0) is 55.5 Å². The Morgan fingerprint density at radius 3 is 2.39 bits per heavy atom. The molecule has 0 saturated carbocycles. The maximum Gasteiger partial charge on any atom is 0.338 e. The average Bonchev–Trinajstić information content (AvgIpc) is 3.22. The number of ether oxygens (including phenoxy) is 1. The van der Waals surface area contributed by atoms with Crippen LogP contribution in [-0.4, -0.2) is 22.2 Å². The number of hydrogen-bond acceptors (Lipinski definition) is 5. The van der Waals surface area contributed by atoms with Gasteiger partial charge in [-0.2, -0.15) is 0 Å². The van der Waals surface area contributed by atoms with Gasteiger partial charge in [-0.3, -0.25) is 9.36 Å². The van der Waals surface area contributed by atoms with Gasteiger partial charge in [0, 0.05) is 18.4 Å². The second-order valence-electron chi connectivity index (χ2n) is 8.78. The molecule has 0 saturated heterocycles. The lowest BCUT2D eigenvalue weighted by Gasteiger charge is -2.24. The van der Waals surface area contributed by atoms with Crippen molar-refractivity contribution in [1.82, 2.24) is 9.13 Å². The Hall–Kier alpha value is -3.19. The molecule has 0 bridgehead atoms. The van der Waals surface area contributed by atoms with Crippen LogP contribution in [0.4, 0.5) is 0 Å². The lowest BCUT2D eigenvalue weighted by molar-refractivity contribution is -0.136. The number of esters is 1. The Kier molecular flexibility index (Phi) is 6.01. The Balaban J connectivity index is 1.96. The fraction of sp³-hybridized carbons (Fsp3) is 0.346. The molecular formula is C26H29N3O3S. The van der Waals surface area contributed by atoms with E-state index < -0.39 is 12.0 Å². The predicted octanol–water partition coefficient (Wildman–Crippen LogP) is 3.49. The number of methoxy groups -OCH3 is 1. The first-order chi connectivity index (χ1) is 15.6. The van der Waals surface area contributed by atoms with E-state index >= 15 is 0 Å². The van der Waals surface area contributed by atoms with Crippen molar-refractivity contribution >= 4 is 23.4 Å². The third kappa shape index (κ3) is 3.91. The van der Waals surface area contributed by atoms with Crippen LogP contribution in [0, 0.1) is 13.8 Å². The zero-order valence-electron chi connectivity index (χ0n) is 20.1. The van der Waals surface area contributed by atoms with Crippen LogP contribution < -0.4 is 14.9 Å². The van der Waals surface area contributed by atoms with E-state index in [2.05, 4.69) is 41.6 Å². The van der Waals surface area contributed by atoms with Gasteiger partial charge in [0.15, 0.2) is 4.80 Å². The molecular weight excluding hydrogens is 434 g/mol. The molecule has 6 nitrogen and oxygen atoms in total. The molecule has 2 aromatic heterocycles. The minimum atomic E-state index is -0.587. The molecule has 1 aliphatic rings. The largest absolute Gasteiger partial charge is 0.466 e. The Labute approximate surface area is 197 Å². The zero-order chi connectivity index (χ0) is 24.0. The molecule has 0 amide bonds. The molecule has 0 fully saturated rings. The summed E-state index contributed by atoms with van der Waals surface area (Å²) in [5.74, 6) is -0.0889. The van der Waals surface area contributed by atoms with Gasteiger partial charge in [0.25, 0.3) is 5.56 Å². The molecule has 1 atom stereocenters. The summed E-state index contributed by atoms with van der Waals surface area (Å²) in [6.07, 6.45) is 1.92. The maximum absolute atomic E-state index is 13.6. The number of fused-ring (bicyclic) bond motifs is 1. The number of carbonyl (C=O) groups is 1. The Bertz CT molecular complexity index is 1450. The van der Waals surface area contributed by atoms with E-state index in [4.69, 9.17) is 4.74 Å². The van der Waals surface area contributed by atoms with Gasteiger partial charge in [-0.25, -0.2) is 9.79 Å². The topological polar surface area (TPSA) is 65.6 Å². The van der Waals surface area contributed by atoms with Crippen molar-refractivity contribution in [2.24, 2.45) is 12.0 Å². The van der Waals surface area contributed by atoms with Gasteiger partial charge in [0.1, 0.15) is 0 Å². The predicted molar refractivity (Wildman–Crippen MR) is 131 cm³/mol. The summed E-state index contributed by atoms with van der Waals surface area (Å²) in [5.41, 5.74) is 6.06. The fourth-order valence-electron chi connectivity index (χ4n) is 4.24. The number of thiazole rings is 1. The van der Waals surface area contributed by atoms with Crippen LogP contribution in [0.15, 0.2) is 51.4 Å². The molecule has 3 heterocycles. The Morgan fingerprint density at radius 1 is 1.18 bits per heavy atom. The molecule has 1 aliphatic heterocycles. The minimum Gasteiger partial charge on any atom is -0.466 e. The summed E-state index contributed by atoms with van der Waals surface area (Å²) in [6, 6.07) is 9.57. The van der Waals surface area contributed by atoms with E-state index in [1.165, 1.54) is 24.0 Å². The van der Waals surface area contributed by atoms with E-state index in [0.717, 1.165) is 22.5 Å². The van der Waals surface area contributed by atoms with Crippen molar-refractivity contribution in [2.45, 2.75) is 46.6 Å². The lowest BCUT2D eigenvalue weighted by Crippen LogP contribution is -2.39. The van der Waals surface area contributed by atoms with Crippen molar-refractivity contribution in [1.29, 1.82) is 0 Å². The van der Waals surface area contributed by atoms with E-state index in [9.17, 15) is 9.59 Å². The van der Waals surface area contributed by atoms with E-state index in [-0.39, 0.29) is 5.56 Å². The summed E-state index contributed by atoms with van der Waals surface area (Å²) >= 11 is 1.34. The van der Waals surface area contributed by atoms with E-state index in [1.54, 1.807) is 11.5 Å². The van der Waals surface area contributed by atoms with Crippen molar-refractivity contribution in [2.75, 3.05) is 7.11 Å². The van der Waals surface area contributed by atoms with Crippen LogP contribution in [-0.2, 0) is 16.6 Å². The van der Waals surface area contributed by atoms with Gasteiger partial charge in [0.05, 0.1) is 29.0 Å². The molecule has 1 aromatic carbocycles. The first-order valence-corrected chi connectivity index (χ1v) is 11.8. The molecule has 3 aromatic rings. The van der Waals surface area contributed by atoms with E-state index in [1.807, 2.05) is 39.1 Å². The summed E-state index contributed by atoms with van der Waals surface area (Å²) in [5, 5.41) is 0. The highest BCUT2D eigenvalue weighted by Crippen LogP contribution is 2.31. The van der Waals surface area contributed by atoms with Crippen LogP contribution in [0.1, 0.15) is 60.8 Å². The third-order valence-corrected chi connectivity index (χ3v) is 7.43. The molecule has 0 unspecified atom stereocenters. The van der Waals surface area contributed by atoms with Crippen LogP contribution in [0.5, 0.6) is 0 Å². The molecule has 172 valence electrons. The first kappa shape index (κ1) is 23.0. The number of nitrogens with zero attached hydrogens (tertiary/aromatic N) is 3. The second kappa shape index (κ2) is 8.63. The number of allylic oxidation sites excluding steroid dienone is 1. The van der Waals surface area contributed by atoms with Gasteiger partial charge < -0.3 is 9.30 Å². The maximum atomic E-state index is 13.6. The Morgan fingerprint density at radius 2 is 1.85 bits per heavy atom. The molecule has 0 N–H and O–H groups in total. The number of benzene rings is 1. The van der Waals surface area contributed by atoms with Crippen LogP contribution >= 0.6 is 11.3 Å². The summed E-state index contributed by atoms with van der Waals surface area (Å²) in [4.78, 5) is 31.6. The van der Waals surface area contributed by atoms with Crippen molar-refractivity contribution in [3.05, 3.63) is 89.4 Å². The summed E-state index contributed by atoms with van der Waals surface area (Å²) in [7, 11) is 3.36. The monoisotopic (exact) mass is 463 g/mol. The van der Waals surface area contributed by atoms with Gasteiger partial charge >= 0.3 is 5.97 Å². The highest BCUT2D eigenvalue weighted by Gasteiger charge is 2.33. The molecule has 4 rings (SSSR count). The molecule has 0 aliphatic carbocycles. The van der Waals surface area contributed by atoms with Gasteiger partial charge in [0.2, 0.25) is 0 Å². The van der Waals surface area contributed by atoms with Crippen LogP contribution in [0.2, 0.25) is 0 Å². The van der Waals surface area contributed by atoms with Crippen molar-refractivity contribution in [3.8, 4) is 0 Å². The molecule has 0 radical (unpaired) electrons. The van der Waals surface area contributed by atoms with Crippen molar-refractivity contribution < 1.29 is 9.53 Å². The third-order valence-electron chi connectivity index (χ3n) is 6.45. The SMILES string of the molecule is COC(=O)C1=C(C)N=c2s/c(=C\c3cc(C)n(C)c3C)c(=O)n2[C@H]1c1ccc(C(C)C)cc1. The molecule has 0 spiro atoms. The average molecular weight is 464 g/mol. The second-order valence-corrected chi connectivity index (χ2v) is 9.79. The zero-order valence-corrected chi connectivity index (χ0v) is 20.9. The number of rotatable bonds is 4.